The van der Waals surface area contributed by atoms with Crippen molar-refractivity contribution >= 4 is 55.4 Å². The van der Waals surface area contributed by atoms with Gasteiger partial charge in [0.05, 0.1) is 28.2 Å². The van der Waals surface area contributed by atoms with E-state index in [-0.39, 0.29) is 29.9 Å². The predicted octanol–water partition coefficient (Wildman–Crippen LogP) is 4.00. The molecule has 0 radical (unpaired) electrons. The van der Waals surface area contributed by atoms with E-state index in [1.54, 1.807) is 0 Å². The summed E-state index contributed by atoms with van der Waals surface area (Å²) in [5, 5.41) is 6.38. The molecule has 150 valence electrons. The van der Waals surface area contributed by atoms with Crippen LogP contribution in [0.4, 0.5) is 0 Å². The first kappa shape index (κ1) is 16.1. The van der Waals surface area contributed by atoms with Crippen molar-refractivity contribution in [3.05, 3.63) is 59.7 Å². The summed E-state index contributed by atoms with van der Waals surface area (Å²) in [5.74, 6) is -0.604. The third kappa shape index (κ3) is 1.62. The fourth-order valence-corrected chi connectivity index (χ4v) is 6.68. The molecule has 2 aromatic heterocycles. The number of nitrogens with one attached hydrogen (secondary N) is 1. The van der Waals surface area contributed by atoms with Gasteiger partial charge in [-0.2, -0.15) is 0 Å². The van der Waals surface area contributed by atoms with E-state index in [1.807, 2.05) is 24.3 Å². The highest BCUT2D eigenvalue weighted by Crippen LogP contribution is 2.53. The van der Waals surface area contributed by atoms with Crippen molar-refractivity contribution in [3.8, 4) is 0 Å². The quantitative estimate of drug-likeness (QED) is 0.381. The van der Waals surface area contributed by atoms with Crippen LogP contribution in [0, 0.1) is 0 Å². The lowest BCUT2D eigenvalue weighted by atomic mass is 9.96. The summed E-state index contributed by atoms with van der Waals surface area (Å²) in [4.78, 5) is 26.2. The number of para-hydroxylation sites is 2. The van der Waals surface area contributed by atoms with Crippen LogP contribution in [0.25, 0.3) is 43.6 Å². The Morgan fingerprint density at radius 3 is 1.97 bits per heavy atom. The third-order valence-electron chi connectivity index (χ3n) is 7.73. The van der Waals surface area contributed by atoms with E-state index in [4.69, 9.17) is 5.73 Å². The maximum atomic E-state index is 13.1. The number of hydrogen-bond donors (Lipinski definition) is 2. The van der Waals surface area contributed by atoms with Gasteiger partial charge in [0.25, 0.3) is 11.8 Å². The summed E-state index contributed by atoms with van der Waals surface area (Å²) in [6, 6.07) is 16.9. The number of carbonyl (C=O) groups is 2. The van der Waals surface area contributed by atoms with Crippen LogP contribution in [0.15, 0.2) is 48.5 Å². The Bertz CT molecular complexity index is 1690. The molecule has 1 saturated carbocycles. The number of imide groups is 1. The highest BCUT2D eigenvalue weighted by atomic mass is 16.2. The zero-order valence-electron chi connectivity index (χ0n) is 16.6. The number of nitrogens with two attached hydrogens (primary N) is 1. The van der Waals surface area contributed by atoms with Gasteiger partial charge < -0.3 is 14.9 Å². The average Bonchev–Trinajstić information content (AvgIpc) is 3.45. The van der Waals surface area contributed by atoms with Crippen LogP contribution in [0.1, 0.15) is 45.6 Å². The number of carbonyl (C=O) groups excluding carboxylic acids is 2. The maximum absolute atomic E-state index is 13.1. The first-order valence-corrected chi connectivity index (χ1v) is 10.8. The van der Waals surface area contributed by atoms with Gasteiger partial charge in [0.1, 0.15) is 0 Å². The van der Waals surface area contributed by atoms with Gasteiger partial charge in [-0.1, -0.05) is 36.4 Å². The monoisotopic (exact) mass is 406 g/mol. The first-order valence-electron chi connectivity index (χ1n) is 10.8. The third-order valence-corrected chi connectivity index (χ3v) is 7.73. The smallest absolute Gasteiger partial charge is 0.259 e. The molecule has 2 bridgehead atoms. The Labute approximate surface area is 176 Å². The van der Waals surface area contributed by atoms with Crippen LogP contribution in [0.3, 0.4) is 0 Å². The molecule has 3 aromatic carbocycles. The summed E-state index contributed by atoms with van der Waals surface area (Å²) in [5.41, 5.74) is 12.0. The molecule has 2 amide bonds. The largest absolute Gasteiger partial charge is 0.335 e. The first-order chi connectivity index (χ1) is 15.1. The van der Waals surface area contributed by atoms with Gasteiger partial charge in [-0.05, 0) is 25.0 Å². The summed E-state index contributed by atoms with van der Waals surface area (Å²) >= 11 is 0. The van der Waals surface area contributed by atoms with E-state index >= 15 is 0 Å². The van der Waals surface area contributed by atoms with Crippen molar-refractivity contribution in [2.75, 3.05) is 0 Å². The molecule has 5 aromatic rings. The molecular formula is C25H18N4O2. The lowest BCUT2D eigenvalue weighted by molar-refractivity contribution is 0.0880. The van der Waals surface area contributed by atoms with E-state index in [0.717, 1.165) is 56.5 Å². The Morgan fingerprint density at radius 2 is 1.32 bits per heavy atom. The number of hydrogen-bond acceptors (Lipinski definition) is 3. The maximum Gasteiger partial charge on any atom is 0.259 e. The highest BCUT2D eigenvalue weighted by molar-refractivity contribution is 6.39. The second-order valence-electron chi connectivity index (χ2n) is 9.11. The highest BCUT2D eigenvalue weighted by Gasteiger charge is 2.43. The molecule has 6 nitrogen and oxygen atoms in total. The predicted molar refractivity (Wildman–Crippen MR) is 120 cm³/mol. The fourth-order valence-electron chi connectivity index (χ4n) is 6.68. The number of rotatable bonds is 0. The standard InChI is InChI=1S/C25H18N4O2/c26-14-9-11-10-17(14)29-16-8-4-2-6-13(16)19-21-20(24(30)27-25(21)31)18-12-5-1-3-7-15(12)28(11)22(18)23(19)29/h1-8,11,14,17H,9-10,26H2,(H,27,30,31)/t11?,14-,17+/m0/s1. The molecular weight excluding hydrogens is 388 g/mol. The number of benzene rings is 3. The van der Waals surface area contributed by atoms with Gasteiger partial charge in [-0.25, -0.2) is 0 Å². The van der Waals surface area contributed by atoms with Crippen molar-refractivity contribution in [2.45, 2.75) is 31.0 Å². The molecule has 3 aliphatic rings. The van der Waals surface area contributed by atoms with Crippen LogP contribution in [-0.2, 0) is 0 Å². The minimum Gasteiger partial charge on any atom is -0.335 e. The molecule has 1 aliphatic carbocycles. The van der Waals surface area contributed by atoms with E-state index in [0.29, 0.717) is 11.1 Å². The second kappa shape index (κ2) is 4.98. The van der Waals surface area contributed by atoms with Gasteiger partial charge in [0.15, 0.2) is 0 Å². The van der Waals surface area contributed by atoms with Crippen LogP contribution in [0.2, 0.25) is 0 Å². The number of amides is 2. The van der Waals surface area contributed by atoms with Gasteiger partial charge in [-0.3, -0.25) is 14.9 Å². The van der Waals surface area contributed by atoms with Crippen molar-refractivity contribution in [1.29, 1.82) is 0 Å². The zero-order chi connectivity index (χ0) is 20.6. The SMILES string of the molecule is N[C@H]1CC2C[C@H]1n1c3ccccc3c3c4c(c5c6ccccc6n2c5c31)C(=O)NC4=O. The molecule has 8 rings (SSSR count). The van der Waals surface area contributed by atoms with Gasteiger partial charge in [-0.15, -0.1) is 0 Å². The number of fused-ring (bicyclic) bond motifs is 13. The minimum atomic E-state index is -0.305. The molecule has 3 N–H and O–H groups in total. The van der Waals surface area contributed by atoms with Gasteiger partial charge in [0, 0.05) is 44.7 Å². The molecule has 31 heavy (non-hydrogen) atoms. The van der Waals surface area contributed by atoms with E-state index in [2.05, 4.69) is 38.7 Å². The van der Waals surface area contributed by atoms with Crippen molar-refractivity contribution in [2.24, 2.45) is 5.73 Å². The molecule has 4 heterocycles. The van der Waals surface area contributed by atoms with Gasteiger partial charge >= 0.3 is 0 Å². The van der Waals surface area contributed by atoms with Crippen LogP contribution < -0.4 is 11.1 Å². The van der Waals surface area contributed by atoms with Crippen LogP contribution >= 0.6 is 0 Å². The van der Waals surface area contributed by atoms with Crippen molar-refractivity contribution in [1.82, 2.24) is 14.5 Å². The minimum absolute atomic E-state index is 0.0390. The fraction of sp³-hybridized carbons (Fsp3) is 0.200. The zero-order valence-corrected chi connectivity index (χ0v) is 16.6. The summed E-state index contributed by atoms with van der Waals surface area (Å²) in [6.45, 7) is 0. The van der Waals surface area contributed by atoms with Gasteiger partial charge in [0.2, 0.25) is 0 Å². The molecule has 0 spiro atoms. The molecule has 1 unspecified atom stereocenters. The van der Waals surface area contributed by atoms with Crippen LogP contribution in [-0.4, -0.2) is 27.0 Å². The van der Waals surface area contributed by atoms with Crippen molar-refractivity contribution < 1.29 is 9.59 Å². The Balaban J connectivity index is 1.81. The Morgan fingerprint density at radius 1 is 0.774 bits per heavy atom. The van der Waals surface area contributed by atoms with E-state index in [1.165, 1.54) is 0 Å². The summed E-state index contributed by atoms with van der Waals surface area (Å²) in [7, 11) is 0. The lowest BCUT2D eigenvalue weighted by Gasteiger charge is -2.21. The van der Waals surface area contributed by atoms with E-state index < -0.39 is 0 Å². The molecule has 2 aliphatic heterocycles. The second-order valence-corrected chi connectivity index (χ2v) is 9.11. The molecule has 3 atom stereocenters. The number of aromatic nitrogens is 2. The van der Waals surface area contributed by atoms with E-state index in [9.17, 15) is 9.59 Å². The lowest BCUT2D eigenvalue weighted by Crippen LogP contribution is -2.27. The molecule has 1 fully saturated rings. The van der Waals surface area contributed by atoms with Crippen molar-refractivity contribution in [3.63, 3.8) is 0 Å². The topological polar surface area (TPSA) is 82.0 Å². The molecule has 0 saturated heterocycles. The average molecular weight is 406 g/mol. The Kier molecular flexibility index (Phi) is 2.59. The summed E-state index contributed by atoms with van der Waals surface area (Å²) < 4.78 is 4.78. The van der Waals surface area contributed by atoms with Crippen LogP contribution in [0.5, 0.6) is 0 Å². The Hall–Kier alpha value is -3.64. The normalized spacial score (nSPS) is 24.1. The summed E-state index contributed by atoms with van der Waals surface area (Å²) in [6.07, 6.45) is 1.84. The molecule has 6 heteroatoms. The number of nitrogens with zero attached hydrogens (tertiary/aromatic N) is 2.